The van der Waals surface area contributed by atoms with Crippen molar-refractivity contribution in [2.45, 2.75) is 33.1 Å². The van der Waals surface area contributed by atoms with E-state index in [0.29, 0.717) is 18.9 Å². The molecule has 0 radical (unpaired) electrons. The highest BCUT2D eigenvalue weighted by molar-refractivity contribution is 5.38. The van der Waals surface area contributed by atoms with Crippen molar-refractivity contribution in [2.75, 3.05) is 18.5 Å². The van der Waals surface area contributed by atoms with Crippen molar-refractivity contribution in [3.63, 3.8) is 0 Å². The molecule has 1 aromatic heterocycles. The van der Waals surface area contributed by atoms with E-state index < -0.39 is 0 Å². The maximum Gasteiger partial charge on any atom is 0.218 e. The van der Waals surface area contributed by atoms with E-state index in [4.69, 9.17) is 11.2 Å². The summed E-state index contributed by atoms with van der Waals surface area (Å²) in [5.74, 6) is 4.95. The summed E-state index contributed by atoms with van der Waals surface area (Å²) in [6.07, 6.45) is 5.75. The maximum atomic E-state index is 5.49. The molecule has 0 atom stereocenters. The Hall–Kier alpha value is -1.76. The molecule has 4 nitrogen and oxygen atoms in total. The smallest absolute Gasteiger partial charge is 0.218 e. The molecule has 0 bridgehead atoms. The first kappa shape index (κ1) is 13.3. The van der Waals surface area contributed by atoms with Crippen LogP contribution in [0.25, 0.3) is 0 Å². The largest absolute Gasteiger partial charge is 0.477 e. The molecule has 0 aliphatic rings. The minimum Gasteiger partial charge on any atom is -0.477 e. The molecule has 0 saturated carbocycles. The number of nitrogens with one attached hydrogen (secondary N) is 1. The molecule has 0 aliphatic heterocycles. The van der Waals surface area contributed by atoms with Crippen molar-refractivity contribution in [3.8, 4) is 18.2 Å². The maximum absolute atomic E-state index is 5.49. The molecule has 0 spiro atoms. The van der Waals surface area contributed by atoms with Crippen molar-refractivity contribution >= 4 is 5.82 Å². The van der Waals surface area contributed by atoms with Gasteiger partial charge in [-0.25, -0.2) is 4.98 Å². The minimum absolute atomic E-state index is 0.267. The van der Waals surface area contributed by atoms with E-state index in [2.05, 4.69) is 35.1 Å². The number of terminal acetylenes is 1. The van der Waals surface area contributed by atoms with E-state index in [1.54, 1.807) is 6.07 Å². The summed E-state index contributed by atoms with van der Waals surface area (Å²) in [6.45, 7) is 7.43. The molecule has 0 fully saturated rings. The molecule has 1 heterocycles. The van der Waals surface area contributed by atoms with Crippen LogP contribution < -0.4 is 10.1 Å². The van der Waals surface area contributed by atoms with Gasteiger partial charge in [0, 0.05) is 24.9 Å². The Labute approximate surface area is 103 Å². The summed E-state index contributed by atoms with van der Waals surface area (Å²) in [7, 11) is 0. The van der Waals surface area contributed by atoms with Crippen molar-refractivity contribution in [1.82, 2.24) is 9.97 Å². The van der Waals surface area contributed by atoms with Crippen LogP contribution in [0.1, 0.15) is 38.9 Å². The van der Waals surface area contributed by atoms with Crippen LogP contribution in [0.15, 0.2) is 6.07 Å². The molecule has 0 amide bonds. The SMILES string of the molecule is C#CCCOc1cc(NCC)nc(C(C)C)n1. The zero-order valence-electron chi connectivity index (χ0n) is 10.7. The van der Waals surface area contributed by atoms with E-state index in [1.165, 1.54) is 0 Å². The Morgan fingerprint density at radius 2 is 2.24 bits per heavy atom. The number of hydrogen-bond donors (Lipinski definition) is 1. The van der Waals surface area contributed by atoms with Gasteiger partial charge in [-0.15, -0.1) is 12.3 Å². The van der Waals surface area contributed by atoms with Gasteiger partial charge in [0.05, 0.1) is 0 Å². The normalized spacial score (nSPS) is 10.1. The average Bonchev–Trinajstić information content (AvgIpc) is 2.29. The third-order valence-corrected chi connectivity index (χ3v) is 2.09. The van der Waals surface area contributed by atoms with Gasteiger partial charge in [-0.05, 0) is 6.92 Å². The lowest BCUT2D eigenvalue weighted by atomic mass is 10.2. The number of ether oxygens (including phenoxy) is 1. The second kappa shape index (κ2) is 6.74. The number of aromatic nitrogens is 2. The Kier molecular flexibility index (Phi) is 5.28. The summed E-state index contributed by atoms with van der Waals surface area (Å²) in [4.78, 5) is 8.75. The summed E-state index contributed by atoms with van der Waals surface area (Å²) in [5, 5.41) is 3.16. The summed E-state index contributed by atoms with van der Waals surface area (Å²) < 4.78 is 5.49. The highest BCUT2D eigenvalue weighted by Gasteiger charge is 2.08. The van der Waals surface area contributed by atoms with E-state index >= 15 is 0 Å². The Bertz CT molecular complexity index is 396. The lowest BCUT2D eigenvalue weighted by Crippen LogP contribution is -2.07. The molecule has 0 aromatic carbocycles. The van der Waals surface area contributed by atoms with E-state index in [-0.39, 0.29) is 5.92 Å². The standard InChI is InChI=1S/C13H19N3O/c1-5-7-8-17-12-9-11(14-6-2)15-13(16-12)10(3)4/h1,9-10H,6-8H2,2-4H3,(H,14,15,16). The van der Waals surface area contributed by atoms with Crippen molar-refractivity contribution < 1.29 is 4.74 Å². The van der Waals surface area contributed by atoms with E-state index in [1.807, 2.05) is 6.92 Å². The van der Waals surface area contributed by atoms with Gasteiger partial charge in [0.2, 0.25) is 5.88 Å². The van der Waals surface area contributed by atoms with Crippen LogP contribution in [-0.2, 0) is 0 Å². The molecule has 1 N–H and O–H groups in total. The molecular formula is C13H19N3O. The molecular weight excluding hydrogens is 214 g/mol. The third kappa shape index (κ3) is 4.31. The Morgan fingerprint density at radius 3 is 2.82 bits per heavy atom. The van der Waals surface area contributed by atoms with Gasteiger partial charge in [0.15, 0.2) is 0 Å². The predicted octanol–water partition coefficient (Wildman–Crippen LogP) is 2.43. The van der Waals surface area contributed by atoms with Gasteiger partial charge in [-0.2, -0.15) is 4.98 Å². The molecule has 92 valence electrons. The summed E-state index contributed by atoms with van der Waals surface area (Å²) in [5.41, 5.74) is 0. The third-order valence-electron chi connectivity index (χ3n) is 2.09. The zero-order valence-corrected chi connectivity index (χ0v) is 10.7. The van der Waals surface area contributed by atoms with Crippen molar-refractivity contribution in [1.29, 1.82) is 0 Å². The fourth-order valence-electron chi connectivity index (χ4n) is 1.26. The monoisotopic (exact) mass is 233 g/mol. The van der Waals surface area contributed by atoms with Gasteiger partial charge in [-0.1, -0.05) is 13.8 Å². The van der Waals surface area contributed by atoms with Gasteiger partial charge < -0.3 is 10.1 Å². The number of rotatable bonds is 6. The highest BCUT2D eigenvalue weighted by Crippen LogP contribution is 2.18. The van der Waals surface area contributed by atoms with Gasteiger partial charge >= 0.3 is 0 Å². The van der Waals surface area contributed by atoms with Crippen LogP contribution >= 0.6 is 0 Å². The number of anilines is 1. The molecule has 0 unspecified atom stereocenters. The first-order chi connectivity index (χ1) is 8.17. The van der Waals surface area contributed by atoms with Gasteiger partial charge in [0.25, 0.3) is 0 Å². The lowest BCUT2D eigenvalue weighted by molar-refractivity contribution is 0.312. The zero-order chi connectivity index (χ0) is 12.7. The van der Waals surface area contributed by atoms with Crippen molar-refractivity contribution in [3.05, 3.63) is 11.9 Å². The predicted molar refractivity (Wildman–Crippen MR) is 69.2 cm³/mol. The van der Waals surface area contributed by atoms with E-state index in [9.17, 15) is 0 Å². The quantitative estimate of drug-likeness (QED) is 0.605. The van der Waals surface area contributed by atoms with Crippen LogP contribution in [0.3, 0.4) is 0 Å². The average molecular weight is 233 g/mol. The Balaban J connectivity index is 2.84. The summed E-state index contributed by atoms with van der Waals surface area (Å²) in [6, 6.07) is 1.80. The van der Waals surface area contributed by atoms with Crippen LogP contribution in [0.2, 0.25) is 0 Å². The summed E-state index contributed by atoms with van der Waals surface area (Å²) >= 11 is 0. The van der Waals surface area contributed by atoms with Crippen LogP contribution in [-0.4, -0.2) is 23.1 Å². The van der Waals surface area contributed by atoms with Crippen LogP contribution in [0, 0.1) is 12.3 Å². The van der Waals surface area contributed by atoms with Crippen LogP contribution in [0.4, 0.5) is 5.82 Å². The van der Waals surface area contributed by atoms with Gasteiger partial charge in [-0.3, -0.25) is 0 Å². The molecule has 0 saturated heterocycles. The van der Waals surface area contributed by atoms with Gasteiger partial charge in [0.1, 0.15) is 18.2 Å². The first-order valence-electron chi connectivity index (χ1n) is 5.86. The van der Waals surface area contributed by atoms with E-state index in [0.717, 1.165) is 18.2 Å². The highest BCUT2D eigenvalue weighted by atomic mass is 16.5. The number of hydrogen-bond acceptors (Lipinski definition) is 4. The molecule has 4 heteroatoms. The fourth-order valence-corrected chi connectivity index (χ4v) is 1.26. The van der Waals surface area contributed by atoms with Crippen LogP contribution in [0.5, 0.6) is 5.88 Å². The molecule has 1 aromatic rings. The fraction of sp³-hybridized carbons (Fsp3) is 0.538. The first-order valence-corrected chi connectivity index (χ1v) is 5.86. The molecule has 0 aliphatic carbocycles. The Morgan fingerprint density at radius 1 is 1.47 bits per heavy atom. The topological polar surface area (TPSA) is 47.0 Å². The molecule has 17 heavy (non-hydrogen) atoms. The number of nitrogens with zero attached hydrogens (tertiary/aromatic N) is 2. The second-order valence-electron chi connectivity index (χ2n) is 3.94. The molecule has 1 rings (SSSR count). The van der Waals surface area contributed by atoms with Crippen molar-refractivity contribution in [2.24, 2.45) is 0 Å². The second-order valence-corrected chi connectivity index (χ2v) is 3.94. The lowest BCUT2D eigenvalue weighted by Gasteiger charge is -2.11. The minimum atomic E-state index is 0.267.